The van der Waals surface area contributed by atoms with Crippen molar-refractivity contribution in [2.75, 3.05) is 6.54 Å². The summed E-state index contributed by atoms with van der Waals surface area (Å²) in [5, 5.41) is 7.16. The molecular formula is C23H27F3N4OS. The Morgan fingerprint density at radius 1 is 1.28 bits per heavy atom. The van der Waals surface area contributed by atoms with Crippen molar-refractivity contribution in [2.24, 2.45) is 12.8 Å². The molecule has 0 aliphatic carbocycles. The number of hydrogen-bond donors (Lipinski definition) is 2. The Kier molecular flexibility index (Phi) is 7.09. The van der Waals surface area contributed by atoms with E-state index in [4.69, 9.17) is 5.73 Å². The van der Waals surface area contributed by atoms with Crippen LogP contribution in [0.3, 0.4) is 0 Å². The van der Waals surface area contributed by atoms with Crippen molar-refractivity contribution < 1.29 is 18.0 Å². The van der Waals surface area contributed by atoms with Gasteiger partial charge in [0.15, 0.2) is 0 Å². The number of rotatable bonds is 7. The number of nitrogens with two attached hydrogens (primary N) is 1. The molecule has 0 spiro atoms. The van der Waals surface area contributed by atoms with Gasteiger partial charge in [0.05, 0.1) is 22.3 Å². The molecule has 0 saturated carbocycles. The number of thiophene rings is 1. The van der Waals surface area contributed by atoms with Gasteiger partial charge in [0, 0.05) is 35.6 Å². The molecule has 1 amide bonds. The van der Waals surface area contributed by atoms with Gasteiger partial charge < -0.3 is 11.1 Å². The minimum absolute atomic E-state index is 0.00559. The first kappa shape index (κ1) is 24.0. The molecule has 3 aromatic rings. The molecule has 0 radical (unpaired) electrons. The molecule has 172 valence electrons. The monoisotopic (exact) mass is 464 g/mol. The zero-order valence-corrected chi connectivity index (χ0v) is 19.3. The highest BCUT2D eigenvalue weighted by molar-refractivity contribution is 7.14. The highest BCUT2D eigenvalue weighted by atomic mass is 32.1. The third-order valence-corrected chi connectivity index (χ3v) is 6.44. The number of alkyl halides is 3. The number of nitrogens with zero attached hydrogens (tertiary/aromatic N) is 2. The third-order valence-electron chi connectivity index (χ3n) is 5.39. The molecule has 0 aliphatic rings. The first-order valence-electron chi connectivity index (χ1n) is 10.3. The predicted octanol–water partition coefficient (Wildman–Crippen LogP) is 4.90. The Morgan fingerprint density at radius 3 is 2.59 bits per heavy atom. The summed E-state index contributed by atoms with van der Waals surface area (Å²) in [6, 6.07) is 6.55. The van der Waals surface area contributed by atoms with Crippen LogP contribution in [0.4, 0.5) is 13.2 Å². The first-order chi connectivity index (χ1) is 15.0. The summed E-state index contributed by atoms with van der Waals surface area (Å²) in [4.78, 5) is 14.4. The lowest BCUT2D eigenvalue weighted by atomic mass is 9.99. The van der Waals surface area contributed by atoms with Crippen molar-refractivity contribution in [1.29, 1.82) is 0 Å². The number of halogens is 3. The number of carbonyl (C=O) groups excluding carboxylic acids is 1. The van der Waals surface area contributed by atoms with Crippen LogP contribution in [0.15, 0.2) is 36.5 Å². The molecular weight excluding hydrogens is 437 g/mol. The zero-order valence-electron chi connectivity index (χ0n) is 18.5. The van der Waals surface area contributed by atoms with Gasteiger partial charge in [0.1, 0.15) is 0 Å². The molecule has 5 nitrogen and oxygen atoms in total. The number of amides is 1. The Labute approximate surface area is 189 Å². The largest absolute Gasteiger partial charge is 0.416 e. The van der Waals surface area contributed by atoms with Crippen molar-refractivity contribution in [2.45, 2.75) is 45.3 Å². The van der Waals surface area contributed by atoms with E-state index in [0.29, 0.717) is 4.88 Å². The summed E-state index contributed by atoms with van der Waals surface area (Å²) in [5.41, 5.74) is 8.16. The minimum atomic E-state index is -4.46. The second kappa shape index (κ2) is 9.46. The minimum Gasteiger partial charge on any atom is -0.347 e. The molecule has 0 aliphatic heterocycles. The van der Waals surface area contributed by atoms with Crippen LogP contribution in [0.1, 0.15) is 51.0 Å². The molecule has 2 aromatic heterocycles. The Bertz CT molecular complexity index is 1100. The number of nitrogens with one attached hydrogen (secondary N) is 1. The highest BCUT2D eigenvalue weighted by Gasteiger charge is 2.33. The zero-order chi connectivity index (χ0) is 23.6. The third kappa shape index (κ3) is 5.05. The van der Waals surface area contributed by atoms with Crippen molar-refractivity contribution >= 4 is 17.2 Å². The first-order valence-corrected chi connectivity index (χ1v) is 11.1. The predicted molar refractivity (Wildman–Crippen MR) is 121 cm³/mol. The SMILES string of the molecule is Cc1sc(C(=O)N[C@H](CN)Cc2ccccc2C(F)(F)F)cc1-c1c(C(C)C)cnn1C. The maximum absolute atomic E-state index is 13.3. The van der Waals surface area contributed by atoms with Crippen LogP contribution in [-0.2, 0) is 19.6 Å². The van der Waals surface area contributed by atoms with Crippen molar-refractivity contribution in [3.8, 4) is 11.3 Å². The van der Waals surface area contributed by atoms with E-state index in [9.17, 15) is 18.0 Å². The fourth-order valence-corrected chi connectivity index (χ4v) is 4.65. The number of carbonyl (C=O) groups is 1. The van der Waals surface area contributed by atoms with Gasteiger partial charge >= 0.3 is 6.18 Å². The van der Waals surface area contributed by atoms with Gasteiger partial charge in [0.2, 0.25) is 0 Å². The van der Waals surface area contributed by atoms with E-state index in [1.165, 1.54) is 23.5 Å². The van der Waals surface area contributed by atoms with Crippen LogP contribution >= 0.6 is 11.3 Å². The van der Waals surface area contributed by atoms with E-state index in [1.54, 1.807) is 10.7 Å². The van der Waals surface area contributed by atoms with E-state index < -0.39 is 17.8 Å². The standard InChI is InChI=1S/C23H27F3N4OS/c1-13(2)18-12-28-30(4)21(18)17-10-20(32-14(17)3)22(31)29-16(11-27)9-15-7-5-6-8-19(15)23(24,25)26/h5-8,10,12-13,16H,9,11,27H2,1-4H3,(H,29,31)/t16-/m0/s1. The van der Waals surface area contributed by atoms with Crippen molar-refractivity contribution in [1.82, 2.24) is 15.1 Å². The molecule has 1 aromatic carbocycles. The summed E-state index contributed by atoms with van der Waals surface area (Å²) < 4.78 is 41.7. The van der Waals surface area contributed by atoms with E-state index in [2.05, 4.69) is 24.3 Å². The average Bonchev–Trinajstić information content (AvgIpc) is 3.29. The number of aromatic nitrogens is 2. The molecule has 3 rings (SSSR count). The van der Waals surface area contributed by atoms with Gasteiger partial charge in [-0.2, -0.15) is 18.3 Å². The molecule has 1 atom stereocenters. The average molecular weight is 465 g/mol. The quantitative estimate of drug-likeness (QED) is 0.522. The summed E-state index contributed by atoms with van der Waals surface area (Å²) in [6.07, 6.45) is -2.63. The van der Waals surface area contributed by atoms with Gasteiger partial charge in [-0.15, -0.1) is 11.3 Å². The second-order valence-electron chi connectivity index (χ2n) is 8.07. The number of aryl methyl sites for hydroxylation is 2. The molecule has 32 heavy (non-hydrogen) atoms. The maximum Gasteiger partial charge on any atom is 0.416 e. The van der Waals surface area contributed by atoms with E-state index >= 15 is 0 Å². The number of benzene rings is 1. The molecule has 3 N–H and O–H groups in total. The molecule has 0 fully saturated rings. The maximum atomic E-state index is 13.3. The second-order valence-corrected chi connectivity index (χ2v) is 9.33. The lowest BCUT2D eigenvalue weighted by molar-refractivity contribution is -0.138. The molecule has 9 heteroatoms. The van der Waals surface area contributed by atoms with Crippen molar-refractivity contribution in [3.63, 3.8) is 0 Å². The Balaban J connectivity index is 1.82. The van der Waals surface area contributed by atoms with Gasteiger partial charge in [-0.25, -0.2) is 0 Å². The van der Waals surface area contributed by atoms with E-state index in [0.717, 1.165) is 27.8 Å². The van der Waals surface area contributed by atoms with Crippen LogP contribution < -0.4 is 11.1 Å². The van der Waals surface area contributed by atoms with Gasteiger partial charge in [-0.05, 0) is 37.0 Å². The van der Waals surface area contributed by atoms with Crippen LogP contribution in [-0.4, -0.2) is 28.3 Å². The van der Waals surface area contributed by atoms with Gasteiger partial charge in [0.25, 0.3) is 5.91 Å². The molecule has 0 unspecified atom stereocenters. The summed E-state index contributed by atoms with van der Waals surface area (Å²) >= 11 is 1.34. The highest BCUT2D eigenvalue weighted by Crippen LogP contribution is 2.36. The Hall–Kier alpha value is -2.65. The smallest absolute Gasteiger partial charge is 0.347 e. The van der Waals surface area contributed by atoms with Gasteiger partial charge in [-0.1, -0.05) is 32.0 Å². The normalized spacial score (nSPS) is 12.9. The number of hydrogen-bond acceptors (Lipinski definition) is 4. The van der Waals surface area contributed by atoms with Crippen LogP contribution in [0.2, 0.25) is 0 Å². The lowest BCUT2D eigenvalue weighted by Crippen LogP contribution is -2.41. The molecule has 0 bridgehead atoms. The summed E-state index contributed by atoms with van der Waals surface area (Å²) in [6.45, 7) is 6.13. The van der Waals surface area contributed by atoms with Crippen LogP contribution in [0, 0.1) is 6.92 Å². The molecule has 2 heterocycles. The van der Waals surface area contributed by atoms with E-state index in [-0.39, 0.29) is 30.4 Å². The summed E-state index contributed by atoms with van der Waals surface area (Å²) in [7, 11) is 1.86. The van der Waals surface area contributed by atoms with Crippen molar-refractivity contribution in [3.05, 3.63) is 63.0 Å². The van der Waals surface area contributed by atoms with Crippen LogP contribution in [0.25, 0.3) is 11.3 Å². The fourth-order valence-electron chi connectivity index (χ4n) is 3.73. The van der Waals surface area contributed by atoms with E-state index in [1.807, 2.05) is 26.2 Å². The van der Waals surface area contributed by atoms with Gasteiger partial charge in [-0.3, -0.25) is 9.48 Å². The van der Waals surface area contributed by atoms with Crippen LogP contribution in [0.5, 0.6) is 0 Å². The topological polar surface area (TPSA) is 72.9 Å². The fraction of sp³-hybridized carbons (Fsp3) is 0.391. The summed E-state index contributed by atoms with van der Waals surface area (Å²) in [5.74, 6) is -0.0804. The Morgan fingerprint density at radius 2 is 1.97 bits per heavy atom. The lowest BCUT2D eigenvalue weighted by Gasteiger charge is -2.19. The molecule has 0 saturated heterocycles.